The molecule has 1 fully saturated rings. The van der Waals surface area contributed by atoms with Gasteiger partial charge < -0.3 is 10.2 Å². The van der Waals surface area contributed by atoms with E-state index in [-0.39, 0.29) is 11.4 Å². The lowest BCUT2D eigenvalue weighted by molar-refractivity contribution is -0.114. The summed E-state index contributed by atoms with van der Waals surface area (Å²) in [5, 5.41) is 2.87. The second-order valence-electron chi connectivity index (χ2n) is 9.31. The average Bonchev–Trinajstić information content (AvgIpc) is 2.83. The van der Waals surface area contributed by atoms with Gasteiger partial charge in [0, 0.05) is 24.5 Å². The number of anilines is 3. The van der Waals surface area contributed by atoms with E-state index >= 15 is 0 Å². The Labute approximate surface area is 208 Å². The van der Waals surface area contributed by atoms with E-state index in [1.54, 1.807) is 36.4 Å². The molecular weight excluding hydrogens is 458 g/mol. The summed E-state index contributed by atoms with van der Waals surface area (Å²) in [6, 6.07) is 20.0. The molecule has 0 saturated carbocycles. The average molecular weight is 492 g/mol. The smallest absolute Gasteiger partial charge is 0.264 e. The summed E-state index contributed by atoms with van der Waals surface area (Å²) in [6.07, 6.45) is 3.66. The van der Waals surface area contributed by atoms with Gasteiger partial charge in [0.15, 0.2) is 0 Å². The standard InChI is InChI=1S/C28H33N3O3S/c1-21-7-13-27(14-8-21)35(33,34)31(26-18-22(2)17-23(3)19-26)20-28(32)29-24-9-11-25(12-10-24)30-15-5-4-6-16-30/h7-14,17-19H,4-6,15-16,20H2,1-3H3,(H,29,32). The van der Waals surface area contributed by atoms with Crippen molar-refractivity contribution in [1.82, 2.24) is 0 Å². The number of hydrogen-bond donors (Lipinski definition) is 1. The van der Waals surface area contributed by atoms with Crippen LogP contribution in [0.15, 0.2) is 71.6 Å². The monoisotopic (exact) mass is 491 g/mol. The first-order valence-electron chi connectivity index (χ1n) is 12.0. The van der Waals surface area contributed by atoms with Crippen LogP contribution in [0, 0.1) is 20.8 Å². The summed E-state index contributed by atoms with van der Waals surface area (Å²) in [5.74, 6) is -0.398. The fraction of sp³-hybridized carbons (Fsp3) is 0.321. The molecular formula is C28H33N3O3S. The quantitative estimate of drug-likeness (QED) is 0.478. The Morgan fingerprint density at radius 2 is 1.43 bits per heavy atom. The molecule has 1 heterocycles. The number of nitrogens with one attached hydrogen (secondary N) is 1. The number of rotatable bonds is 7. The third-order valence-electron chi connectivity index (χ3n) is 6.26. The lowest BCUT2D eigenvalue weighted by Crippen LogP contribution is -2.38. The van der Waals surface area contributed by atoms with E-state index in [1.807, 2.05) is 51.1 Å². The van der Waals surface area contributed by atoms with Gasteiger partial charge in [-0.3, -0.25) is 9.10 Å². The lowest BCUT2D eigenvalue weighted by Gasteiger charge is -2.29. The van der Waals surface area contributed by atoms with E-state index in [1.165, 1.54) is 23.6 Å². The molecule has 0 unspecified atom stereocenters. The number of aryl methyl sites for hydroxylation is 3. The van der Waals surface area contributed by atoms with Crippen molar-refractivity contribution in [3.63, 3.8) is 0 Å². The van der Waals surface area contributed by atoms with E-state index in [2.05, 4.69) is 10.2 Å². The molecule has 0 radical (unpaired) electrons. The molecule has 3 aromatic carbocycles. The highest BCUT2D eigenvalue weighted by Crippen LogP contribution is 2.27. The Morgan fingerprint density at radius 1 is 0.829 bits per heavy atom. The minimum absolute atomic E-state index is 0.154. The van der Waals surface area contributed by atoms with Crippen molar-refractivity contribution in [1.29, 1.82) is 0 Å². The summed E-state index contributed by atoms with van der Waals surface area (Å²) >= 11 is 0. The molecule has 1 amide bonds. The van der Waals surface area contributed by atoms with Crippen LogP contribution in [0.2, 0.25) is 0 Å². The molecule has 0 spiro atoms. The SMILES string of the molecule is Cc1ccc(S(=O)(=O)N(CC(=O)Nc2ccc(N3CCCCC3)cc2)c2cc(C)cc(C)c2)cc1. The zero-order chi connectivity index (χ0) is 25.0. The minimum atomic E-state index is -3.95. The maximum Gasteiger partial charge on any atom is 0.264 e. The molecule has 7 heteroatoms. The third-order valence-corrected chi connectivity index (χ3v) is 8.05. The maximum atomic E-state index is 13.6. The van der Waals surface area contributed by atoms with Crippen LogP contribution in [0.4, 0.5) is 17.1 Å². The topological polar surface area (TPSA) is 69.7 Å². The molecule has 0 atom stereocenters. The fourth-order valence-corrected chi connectivity index (χ4v) is 5.89. The Balaban J connectivity index is 1.57. The predicted octanol–water partition coefficient (Wildman–Crippen LogP) is 5.44. The lowest BCUT2D eigenvalue weighted by atomic mass is 10.1. The van der Waals surface area contributed by atoms with Crippen molar-refractivity contribution >= 4 is 33.0 Å². The van der Waals surface area contributed by atoms with E-state index in [9.17, 15) is 13.2 Å². The van der Waals surface area contributed by atoms with E-state index in [4.69, 9.17) is 0 Å². The Kier molecular flexibility index (Phi) is 7.45. The number of amides is 1. The number of carbonyl (C=O) groups is 1. The number of benzene rings is 3. The zero-order valence-corrected chi connectivity index (χ0v) is 21.4. The van der Waals surface area contributed by atoms with E-state index in [0.29, 0.717) is 11.4 Å². The number of piperidine rings is 1. The maximum absolute atomic E-state index is 13.6. The van der Waals surface area contributed by atoms with Crippen LogP contribution in [0.25, 0.3) is 0 Å². The molecule has 6 nitrogen and oxygen atoms in total. The second-order valence-corrected chi connectivity index (χ2v) is 11.2. The van der Waals surface area contributed by atoms with Crippen LogP contribution in [-0.4, -0.2) is 34.0 Å². The number of carbonyl (C=O) groups excluding carboxylic acids is 1. The van der Waals surface area contributed by atoms with Gasteiger partial charge in [-0.15, -0.1) is 0 Å². The van der Waals surface area contributed by atoms with Crippen molar-refractivity contribution in [3.05, 3.63) is 83.4 Å². The van der Waals surface area contributed by atoms with Crippen LogP contribution in [-0.2, 0) is 14.8 Å². The van der Waals surface area contributed by atoms with Gasteiger partial charge in [-0.25, -0.2) is 8.42 Å². The normalized spacial score (nSPS) is 14.0. The Morgan fingerprint density at radius 3 is 2.03 bits per heavy atom. The summed E-state index contributed by atoms with van der Waals surface area (Å²) in [5.41, 5.74) is 5.08. The molecule has 184 valence electrons. The Bertz CT molecular complexity index is 1260. The molecule has 1 N–H and O–H groups in total. The second kappa shape index (κ2) is 10.5. The predicted molar refractivity (Wildman–Crippen MR) is 143 cm³/mol. The van der Waals surface area contributed by atoms with Crippen molar-refractivity contribution in [2.45, 2.75) is 44.9 Å². The molecule has 1 aliphatic rings. The van der Waals surface area contributed by atoms with Gasteiger partial charge in [0.2, 0.25) is 5.91 Å². The molecule has 0 aromatic heterocycles. The summed E-state index contributed by atoms with van der Waals surface area (Å²) in [7, 11) is -3.95. The van der Waals surface area contributed by atoms with Gasteiger partial charge in [-0.2, -0.15) is 0 Å². The van der Waals surface area contributed by atoms with Gasteiger partial charge in [-0.05, 0) is 99.7 Å². The molecule has 0 aliphatic carbocycles. The van der Waals surface area contributed by atoms with Crippen LogP contribution >= 0.6 is 0 Å². The van der Waals surface area contributed by atoms with Crippen LogP contribution < -0.4 is 14.5 Å². The number of hydrogen-bond acceptors (Lipinski definition) is 4. The number of sulfonamides is 1. The molecule has 1 saturated heterocycles. The van der Waals surface area contributed by atoms with Crippen molar-refractivity contribution in [2.24, 2.45) is 0 Å². The molecule has 4 rings (SSSR count). The van der Waals surface area contributed by atoms with Gasteiger partial charge >= 0.3 is 0 Å². The molecule has 0 bridgehead atoms. The van der Waals surface area contributed by atoms with Gasteiger partial charge in [-0.1, -0.05) is 23.8 Å². The molecule has 1 aliphatic heterocycles. The van der Waals surface area contributed by atoms with E-state index < -0.39 is 15.9 Å². The van der Waals surface area contributed by atoms with Crippen LogP contribution in [0.3, 0.4) is 0 Å². The highest BCUT2D eigenvalue weighted by molar-refractivity contribution is 7.92. The van der Waals surface area contributed by atoms with Gasteiger partial charge in [0.05, 0.1) is 10.6 Å². The van der Waals surface area contributed by atoms with E-state index in [0.717, 1.165) is 35.5 Å². The van der Waals surface area contributed by atoms with Crippen molar-refractivity contribution < 1.29 is 13.2 Å². The summed E-state index contributed by atoms with van der Waals surface area (Å²) in [4.78, 5) is 15.6. The highest BCUT2D eigenvalue weighted by atomic mass is 32.2. The summed E-state index contributed by atoms with van der Waals surface area (Å²) in [6.45, 7) is 7.50. The molecule has 3 aromatic rings. The minimum Gasteiger partial charge on any atom is -0.372 e. The number of nitrogens with zero attached hydrogens (tertiary/aromatic N) is 2. The highest BCUT2D eigenvalue weighted by Gasteiger charge is 2.27. The van der Waals surface area contributed by atoms with Crippen LogP contribution in [0.5, 0.6) is 0 Å². The molecule has 35 heavy (non-hydrogen) atoms. The zero-order valence-electron chi connectivity index (χ0n) is 20.6. The summed E-state index contributed by atoms with van der Waals surface area (Å²) < 4.78 is 28.4. The third kappa shape index (κ3) is 6.03. The largest absolute Gasteiger partial charge is 0.372 e. The first-order valence-corrected chi connectivity index (χ1v) is 13.5. The fourth-order valence-electron chi connectivity index (χ4n) is 4.49. The first-order chi connectivity index (χ1) is 16.7. The van der Waals surface area contributed by atoms with Crippen LogP contribution in [0.1, 0.15) is 36.0 Å². The Hall–Kier alpha value is -3.32. The van der Waals surface area contributed by atoms with Crippen molar-refractivity contribution in [3.8, 4) is 0 Å². The van der Waals surface area contributed by atoms with Crippen molar-refractivity contribution in [2.75, 3.05) is 34.2 Å². The first kappa shape index (κ1) is 24.8. The van der Waals surface area contributed by atoms with Gasteiger partial charge in [0.1, 0.15) is 6.54 Å². The van der Waals surface area contributed by atoms with Gasteiger partial charge in [0.25, 0.3) is 10.0 Å².